The summed E-state index contributed by atoms with van der Waals surface area (Å²) in [5.74, 6) is -0.682. The third kappa shape index (κ3) is 5.63. The van der Waals surface area contributed by atoms with Crippen LogP contribution in [0.25, 0.3) is 0 Å². The van der Waals surface area contributed by atoms with E-state index in [1.54, 1.807) is 12.1 Å². The molecule has 1 aliphatic carbocycles. The molecule has 0 radical (unpaired) electrons. The molecule has 1 fully saturated rings. The maximum absolute atomic E-state index is 12.6. The van der Waals surface area contributed by atoms with E-state index in [9.17, 15) is 26.4 Å². The molecule has 1 N–H and O–H groups in total. The number of carbonyl (C=O) groups is 1. The Morgan fingerprint density at radius 2 is 1.97 bits per heavy atom. The van der Waals surface area contributed by atoms with Crippen LogP contribution in [0.1, 0.15) is 23.2 Å². The number of nitrogens with zero attached hydrogens (tertiary/aromatic N) is 1. The van der Waals surface area contributed by atoms with Crippen LogP contribution in [0, 0.1) is 5.92 Å². The average molecular weight is 463 g/mol. The van der Waals surface area contributed by atoms with E-state index < -0.39 is 33.8 Å². The van der Waals surface area contributed by atoms with E-state index in [1.165, 1.54) is 24.3 Å². The maximum Gasteiger partial charge on any atom is 0.422 e. The van der Waals surface area contributed by atoms with Crippen LogP contribution < -0.4 is 10.1 Å². The lowest BCUT2D eigenvalue weighted by Gasteiger charge is -2.34. The first-order chi connectivity index (χ1) is 14.0. The number of benzene rings is 1. The van der Waals surface area contributed by atoms with E-state index in [-0.39, 0.29) is 28.8 Å². The molecule has 0 saturated heterocycles. The van der Waals surface area contributed by atoms with Gasteiger partial charge in [0.15, 0.2) is 16.4 Å². The van der Waals surface area contributed by atoms with Gasteiger partial charge < -0.3 is 10.1 Å². The van der Waals surface area contributed by atoms with E-state index in [4.69, 9.17) is 11.6 Å². The molecule has 0 bridgehead atoms. The normalized spacial score (nSPS) is 19.1. The summed E-state index contributed by atoms with van der Waals surface area (Å²) >= 11 is 5.86. The van der Waals surface area contributed by atoms with Gasteiger partial charge in [-0.05, 0) is 43.0 Å². The van der Waals surface area contributed by atoms with E-state index in [0.717, 1.165) is 6.20 Å². The van der Waals surface area contributed by atoms with Crippen LogP contribution >= 0.6 is 11.6 Å². The Hall–Kier alpha value is -2.33. The number of nitrogens with one attached hydrogen (secondary N) is 1. The van der Waals surface area contributed by atoms with Gasteiger partial charge in [-0.3, -0.25) is 4.79 Å². The first kappa shape index (κ1) is 22.4. The van der Waals surface area contributed by atoms with Gasteiger partial charge in [-0.25, -0.2) is 13.4 Å². The summed E-state index contributed by atoms with van der Waals surface area (Å²) in [6, 6.07) is 8.59. The van der Waals surface area contributed by atoms with Crippen LogP contribution in [-0.4, -0.2) is 43.9 Å². The highest BCUT2D eigenvalue weighted by atomic mass is 35.5. The Kier molecular flexibility index (Phi) is 6.56. The molecule has 1 saturated carbocycles. The number of halogens is 4. The molecule has 0 atom stereocenters. The van der Waals surface area contributed by atoms with Crippen molar-refractivity contribution in [2.75, 3.05) is 13.2 Å². The fourth-order valence-electron chi connectivity index (χ4n) is 3.03. The van der Waals surface area contributed by atoms with Crippen LogP contribution in [0.5, 0.6) is 5.88 Å². The Balaban J connectivity index is 1.46. The smallest absolute Gasteiger partial charge is 0.422 e. The minimum Gasteiger partial charge on any atom is -0.468 e. The number of rotatable bonds is 7. The van der Waals surface area contributed by atoms with E-state index in [0.29, 0.717) is 17.9 Å². The molecule has 1 heterocycles. The van der Waals surface area contributed by atoms with Gasteiger partial charge in [-0.15, -0.1) is 0 Å². The van der Waals surface area contributed by atoms with Crippen molar-refractivity contribution in [2.24, 2.45) is 5.92 Å². The monoisotopic (exact) mass is 462 g/mol. The highest BCUT2D eigenvalue weighted by Crippen LogP contribution is 2.36. The van der Waals surface area contributed by atoms with E-state index >= 15 is 0 Å². The minimum atomic E-state index is -4.47. The molecule has 0 spiro atoms. The van der Waals surface area contributed by atoms with Crippen LogP contribution in [0.4, 0.5) is 13.2 Å². The van der Waals surface area contributed by atoms with Crippen molar-refractivity contribution >= 4 is 27.3 Å². The van der Waals surface area contributed by atoms with Gasteiger partial charge in [0.1, 0.15) is 0 Å². The predicted molar refractivity (Wildman–Crippen MR) is 103 cm³/mol. The molecule has 0 unspecified atom stereocenters. The van der Waals surface area contributed by atoms with Crippen molar-refractivity contribution in [3.63, 3.8) is 0 Å². The molecule has 1 aromatic carbocycles. The Labute approximate surface area is 176 Å². The van der Waals surface area contributed by atoms with Gasteiger partial charge >= 0.3 is 6.18 Å². The Morgan fingerprint density at radius 1 is 1.23 bits per heavy atom. The van der Waals surface area contributed by atoms with E-state index in [2.05, 4.69) is 15.0 Å². The second-order valence-corrected chi connectivity index (χ2v) is 9.63. The number of hydrogen-bond donors (Lipinski definition) is 1. The minimum absolute atomic E-state index is 0.00950. The van der Waals surface area contributed by atoms with Crippen molar-refractivity contribution in [3.05, 3.63) is 53.2 Å². The SMILES string of the molecule is O=C(NC[C@H]1C[C@H](S(=O)(=O)c2cccc(Cl)c2)C1)c1ccc(OCC(F)(F)F)nc1. The average Bonchev–Trinajstić information content (AvgIpc) is 2.64. The third-order valence-corrected chi connectivity index (χ3v) is 7.10. The van der Waals surface area contributed by atoms with Gasteiger partial charge in [0.25, 0.3) is 5.91 Å². The highest BCUT2D eigenvalue weighted by molar-refractivity contribution is 7.92. The Morgan fingerprint density at radius 3 is 2.57 bits per heavy atom. The molecule has 2 aromatic rings. The van der Waals surface area contributed by atoms with Crippen LogP contribution in [0.2, 0.25) is 5.02 Å². The molecule has 1 aliphatic rings. The number of ether oxygens (including phenoxy) is 1. The molecule has 11 heteroatoms. The van der Waals surface area contributed by atoms with Crippen molar-refractivity contribution in [3.8, 4) is 5.88 Å². The fraction of sp³-hybridized carbons (Fsp3) is 0.368. The number of hydrogen-bond acceptors (Lipinski definition) is 5. The van der Waals surface area contributed by atoms with E-state index in [1.807, 2.05) is 0 Å². The zero-order valence-electron chi connectivity index (χ0n) is 15.5. The second-order valence-electron chi connectivity index (χ2n) is 6.96. The summed E-state index contributed by atoms with van der Waals surface area (Å²) in [5, 5.41) is 2.51. The number of carbonyl (C=O) groups excluding carboxylic acids is 1. The number of alkyl halides is 3. The van der Waals surface area contributed by atoms with Gasteiger partial charge in [-0.1, -0.05) is 17.7 Å². The summed E-state index contributed by atoms with van der Waals surface area (Å²) in [6.45, 7) is -1.18. The van der Waals surface area contributed by atoms with Crippen molar-refractivity contribution < 1.29 is 31.1 Å². The molecule has 30 heavy (non-hydrogen) atoms. The van der Waals surface area contributed by atoms with Gasteiger partial charge in [0, 0.05) is 23.8 Å². The lowest BCUT2D eigenvalue weighted by molar-refractivity contribution is -0.154. The first-order valence-corrected chi connectivity index (χ1v) is 10.9. The summed E-state index contributed by atoms with van der Waals surface area (Å²) in [5.41, 5.74) is 0.164. The van der Waals surface area contributed by atoms with Gasteiger partial charge in [0.2, 0.25) is 5.88 Å². The predicted octanol–water partition coefficient (Wildman–Crippen LogP) is 3.66. The van der Waals surface area contributed by atoms with Crippen molar-refractivity contribution in [1.82, 2.24) is 10.3 Å². The van der Waals surface area contributed by atoms with Gasteiger partial charge in [0.05, 0.1) is 15.7 Å². The summed E-state index contributed by atoms with van der Waals surface area (Å²) in [7, 11) is -3.47. The summed E-state index contributed by atoms with van der Waals surface area (Å²) < 4.78 is 66.0. The van der Waals surface area contributed by atoms with Crippen LogP contribution in [0.15, 0.2) is 47.5 Å². The fourth-order valence-corrected chi connectivity index (χ4v) is 5.28. The first-order valence-electron chi connectivity index (χ1n) is 8.98. The summed E-state index contributed by atoms with van der Waals surface area (Å²) in [4.78, 5) is 16.0. The molecule has 162 valence electrons. The molecule has 6 nitrogen and oxygen atoms in total. The van der Waals surface area contributed by atoms with Crippen LogP contribution in [-0.2, 0) is 9.84 Å². The highest BCUT2D eigenvalue weighted by Gasteiger charge is 2.39. The largest absolute Gasteiger partial charge is 0.468 e. The summed E-state index contributed by atoms with van der Waals surface area (Å²) in [6.07, 6.45) is -2.53. The molecular formula is C19H18ClF3N2O4S. The zero-order chi connectivity index (χ0) is 21.9. The lowest BCUT2D eigenvalue weighted by Crippen LogP contribution is -2.42. The molecule has 3 rings (SSSR count). The maximum atomic E-state index is 12.6. The standard InChI is InChI=1S/C19H18ClF3N2O4S/c20-14-2-1-3-15(8-14)30(27,28)16-6-12(7-16)9-25-18(26)13-4-5-17(24-10-13)29-11-19(21,22)23/h1-5,8,10,12,16H,6-7,9,11H2,(H,25,26)/t12-,16-. The van der Waals surface area contributed by atoms with Crippen molar-refractivity contribution in [2.45, 2.75) is 29.2 Å². The molecule has 1 aromatic heterocycles. The van der Waals surface area contributed by atoms with Crippen LogP contribution in [0.3, 0.4) is 0 Å². The number of sulfone groups is 1. The topological polar surface area (TPSA) is 85.4 Å². The second kappa shape index (κ2) is 8.81. The quantitative estimate of drug-likeness (QED) is 0.678. The molecule has 0 aliphatic heterocycles. The van der Waals surface area contributed by atoms with Gasteiger partial charge in [-0.2, -0.15) is 13.2 Å². The third-order valence-electron chi connectivity index (χ3n) is 4.69. The lowest BCUT2D eigenvalue weighted by atomic mass is 9.85. The molecule has 1 amide bonds. The number of amides is 1. The number of aromatic nitrogens is 1. The zero-order valence-corrected chi connectivity index (χ0v) is 17.1. The van der Waals surface area contributed by atoms with Crippen molar-refractivity contribution in [1.29, 1.82) is 0 Å². The number of pyridine rings is 1. The molecular weight excluding hydrogens is 445 g/mol. The Bertz CT molecular complexity index is 1010.